The van der Waals surface area contributed by atoms with E-state index >= 15 is 0 Å². The lowest BCUT2D eigenvalue weighted by molar-refractivity contribution is -0.153. The zero-order valence-electron chi connectivity index (χ0n) is 16.7. The van der Waals surface area contributed by atoms with Crippen LogP contribution >= 0.6 is 0 Å². The summed E-state index contributed by atoms with van der Waals surface area (Å²) >= 11 is 0. The number of para-hydroxylation sites is 1. The summed E-state index contributed by atoms with van der Waals surface area (Å²) in [5, 5.41) is 0. The van der Waals surface area contributed by atoms with Gasteiger partial charge in [-0.15, -0.1) is 0 Å². The van der Waals surface area contributed by atoms with Crippen LogP contribution in [0.2, 0.25) is 0 Å². The van der Waals surface area contributed by atoms with Crippen molar-refractivity contribution >= 4 is 17.6 Å². The summed E-state index contributed by atoms with van der Waals surface area (Å²) in [6.07, 6.45) is 0. The molecule has 0 spiro atoms. The van der Waals surface area contributed by atoms with Crippen molar-refractivity contribution in [1.29, 1.82) is 0 Å². The Kier molecular flexibility index (Phi) is 6.69. The highest BCUT2D eigenvalue weighted by molar-refractivity contribution is 5.81. The molecule has 29 heavy (non-hydrogen) atoms. The number of halogens is 1. The summed E-state index contributed by atoms with van der Waals surface area (Å²) in [5.41, 5.74) is 2.57. The molecule has 1 fully saturated rings. The van der Waals surface area contributed by atoms with Crippen LogP contribution in [-0.4, -0.2) is 56.2 Å². The van der Waals surface area contributed by atoms with Crippen molar-refractivity contribution in [3.8, 4) is 5.75 Å². The van der Waals surface area contributed by atoms with E-state index in [0.29, 0.717) is 37.6 Å². The molecule has 0 N–H and O–H groups in total. The van der Waals surface area contributed by atoms with E-state index in [0.717, 1.165) is 11.1 Å². The Bertz CT molecular complexity index is 879. The first-order valence-electron chi connectivity index (χ1n) is 9.57. The number of carbonyl (C=O) groups is 2. The van der Waals surface area contributed by atoms with Gasteiger partial charge in [-0.3, -0.25) is 4.79 Å². The SMILES string of the molecule is Cc1cccc(OCC(=O)OCC(=O)N2CCN(c3ccccc3F)CC2)c1C. The maximum atomic E-state index is 13.9. The number of piperazine rings is 1. The van der Waals surface area contributed by atoms with Gasteiger partial charge in [0.2, 0.25) is 0 Å². The van der Waals surface area contributed by atoms with Gasteiger partial charge in [0.1, 0.15) is 11.6 Å². The number of aryl methyl sites for hydroxylation is 1. The summed E-state index contributed by atoms with van der Waals surface area (Å²) in [4.78, 5) is 27.7. The van der Waals surface area contributed by atoms with E-state index in [1.54, 1.807) is 29.2 Å². The number of esters is 1. The molecule has 154 valence electrons. The molecular weight excluding hydrogens is 375 g/mol. The van der Waals surface area contributed by atoms with Crippen molar-refractivity contribution in [3.05, 3.63) is 59.4 Å². The smallest absolute Gasteiger partial charge is 0.344 e. The summed E-state index contributed by atoms with van der Waals surface area (Å²) in [7, 11) is 0. The quantitative estimate of drug-likeness (QED) is 0.698. The fourth-order valence-corrected chi connectivity index (χ4v) is 3.20. The highest BCUT2D eigenvalue weighted by atomic mass is 19.1. The Balaban J connectivity index is 1.41. The lowest BCUT2D eigenvalue weighted by Crippen LogP contribution is -2.50. The molecule has 0 radical (unpaired) electrons. The maximum Gasteiger partial charge on any atom is 0.344 e. The molecule has 7 heteroatoms. The molecule has 0 aliphatic carbocycles. The van der Waals surface area contributed by atoms with Gasteiger partial charge in [0, 0.05) is 26.2 Å². The standard InChI is InChI=1S/C22H25FN2O4/c1-16-6-5-9-20(17(16)2)28-15-22(27)29-14-21(26)25-12-10-24(11-13-25)19-8-4-3-7-18(19)23/h3-9H,10-15H2,1-2H3. The number of ether oxygens (including phenoxy) is 2. The number of nitrogens with zero attached hydrogens (tertiary/aromatic N) is 2. The largest absolute Gasteiger partial charge is 0.482 e. The third kappa shape index (κ3) is 5.25. The minimum atomic E-state index is -0.593. The zero-order chi connectivity index (χ0) is 20.8. The average Bonchev–Trinajstić information content (AvgIpc) is 2.73. The van der Waals surface area contributed by atoms with Gasteiger partial charge < -0.3 is 19.3 Å². The first-order chi connectivity index (χ1) is 14.0. The maximum absolute atomic E-state index is 13.9. The van der Waals surface area contributed by atoms with E-state index in [2.05, 4.69) is 0 Å². The monoisotopic (exact) mass is 400 g/mol. The highest BCUT2D eigenvalue weighted by Crippen LogP contribution is 2.21. The van der Waals surface area contributed by atoms with E-state index in [9.17, 15) is 14.0 Å². The summed E-state index contributed by atoms with van der Waals surface area (Å²) in [5.74, 6) is -0.509. The minimum absolute atomic E-state index is 0.251. The van der Waals surface area contributed by atoms with Gasteiger partial charge in [-0.2, -0.15) is 0 Å². The summed E-state index contributed by atoms with van der Waals surface area (Å²) in [6, 6.07) is 12.2. The molecule has 3 rings (SSSR count). The number of amides is 1. The molecule has 1 heterocycles. The fraction of sp³-hybridized carbons (Fsp3) is 0.364. The Hall–Kier alpha value is -3.09. The van der Waals surface area contributed by atoms with Gasteiger partial charge in [-0.1, -0.05) is 24.3 Å². The number of carbonyl (C=O) groups excluding carboxylic acids is 2. The molecule has 0 saturated carbocycles. The lowest BCUT2D eigenvalue weighted by atomic mass is 10.1. The molecule has 2 aromatic carbocycles. The van der Waals surface area contributed by atoms with Crippen LogP contribution < -0.4 is 9.64 Å². The van der Waals surface area contributed by atoms with Crippen LogP contribution in [0, 0.1) is 19.7 Å². The third-order valence-electron chi connectivity index (χ3n) is 5.08. The topological polar surface area (TPSA) is 59.1 Å². The van der Waals surface area contributed by atoms with Crippen LogP contribution in [0.15, 0.2) is 42.5 Å². The van der Waals surface area contributed by atoms with Gasteiger partial charge >= 0.3 is 5.97 Å². The average molecular weight is 400 g/mol. The molecule has 0 unspecified atom stereocenters. The second-order valence-corrected chi connectivity index (χ2v) is 6.97. The molecular formula is C22H25FN2O4. The molecule has 0 bridgehead atoms. The normalized spacial score (nSPS) is 13.9. The lowest BCUT2D eigenvalue weighted by Gasteiger charge is -2.36. The van der Waals surface area contributed by atoms with Crippen LogP contribution in [0.3, 0.4) is 0 Å². The van der Waals surface area contributed by atoms with Crippen LogP contribution in [-0.2, 0) is 14.3 Å². The molecule has 2 aromatic rings. The van der Waals surface area contributed by atoms with Crippen molar-refractivity contribution in [1.82, 2.24) is 4.90 Å². The van der Waals surface area contributed by atoms with Crippen molar-refractivity contribution < 1.29 is 23.5 Å². The molecule has 1 aliphatic rings. The zero-order valence-corrected chi connectivity index (χ0v) is 16.7. The number of hydrogen-bond donors (Lipinski definition) is 0. The Morgan fingerprint density at radius 3 is 2.41 bits per heavy atom. The predicted molar refractivity (Wildman–Crippen MR) is 108 cm³/mol. The summed E-state index contributed by atoms with van der Waals surface area (Å²) < 4.78 is 24.4. The third-order valence-corrected chi connectivity index (χ3v) is 5.08. The van der Waals surface area contributed by atoms with Gasteiger partial charge in [0.15, 0.2) is 13.2 Å². The number of rotatable bonds is 6. The summed E-state index contributed by atoms with van der Waals surface area (Å²) in [6.45, 7) is 5.25. The number of anilines is 1. The van der Waals surface area contributed by atoms with Crippen LogP contribution in [0.1, 0.15) is 11.1 Å². The minimum Gasteiger partial charge on any atom is -0.482 e. The van der Waals surface area contributed by atoms with Crippen LogP contribution in [0.4, 0.5) is 10.1 Å². The number of hydrogen-bond acceptors (Lipinski definition) is 5. The van der Waals surface area contributed by atoms with E-state index < -0.39 is 5.97 Å². The van der Waals surface area contributed by atoms with E-state index in [-0.39, 0.29) is 24.9 Å². The molecule has 0 aromatic heterocycles. The van der Waals surface area contributed by atoms with E-state index in [4.69, 9.17) is 9.47 Å². The van der Waals surface area contributed by atoms with Crippen molar-refractivity contribution in [2.45, 2.75) is 13.8 Å². The van der Waals surface area contributed by atoms with Crippen molar-refractivity contribution in [2.75, 3.05) is 44.3 Å². The Labute approximate surface area is 169 Å². The number of benzene rings is 2. The van der Waals surface area contributed by atoms with Crippen LogP contribution in [0.5, 0.6) is 5.75 Å². The Morgan fingerprint density at radius 1 is 0.966 bits per heavy atom. The van der Waals surface area contributed by atoms with Crippen LogP contribution in [0.25, 0.3) is 0 Å². The van der Waals surface area contributed by atoms with E-state index in [1.807, 2.05) is 30.9 Å². The highest BCUT2D eigenvalue weighted by Gasteiger charge is 2.23. The Morgan fingerprint density at radius 2 is 1.69 bits per heavy atom. The molecule has 0 atom stereocenters. The van der Waals surface area contributed by atoms with Crippen molar-refractivity contribution in [3.63, 3.8) is 0 Å². The second-order valence-electron chi connectivity index (χ2n) is 6.97. The van der Waals surface area contributed by atoms with E-state index in [1.165, 1.54) is 6.07 Å². The van der Waals surface area contributed by atoms with Gasteiger partial charge in [-0.25, -0.2) is 9.18 Å². The molecule has 1 amide bonds. The van der Waals surface area contributed by atoms with Gasteiger partial charge in [0.25, 0.3) is 5.91 Å². The van der Waals surface area contributed by atoms with Gasteiger partial charge in [-0.05, 0) is 43.2 Å². The second kappa shape index (κ2) is 9.41. The first-order valence-corrected chi connectivity index (χ1v) is 9.57. The first kappa shape index (κ1) is 20.6. The molecule has 1 saturated heterocycles. The fourth-order valence-electron chi connectivity index (χ4n) is 3.20. The molecule has 6 nitrogen and oxygen atoms in total. The van der Waals surface area contributed by atoms with Crippen molar-refractivity contribution in [2.24, 2.45) is 0 Å². The predicted octanol–water partition coefficient (Wildman–Crippen LogP) is 2.71. The van der Waals surface area contributed by atoms with Gasteiger partial charge in [0.05, 0.1) is 5.69 Å². The molecule has 1 aliphatic heterocycles.